The summed E-state index contributed by atoms with van der Waals surface area (Å²) in [7, 11) is 0. The number of thiophene rings is 1. The average Bonchev–Trinajstić information content (AvgIpc) is 3.25. The van der Waals surface area contributed by atoms with Crippen LogP contribution in [0.4, 0.5) is 30.7 Å². The molecule has 0 spiro atoms. The molecular formula is C20H11BrCl2F7N3OS. The molecule has 1 fully saturated rings. The quantitative estimate of drug-likeness (QED) is 0.294. The Labute approximate surface area is 215 Å². The predicted molar refractivity (Wildman–Crippen MR) is 120 cm³/mol. The van der Waals surface area contributed by atoms with Gasteiger partial charge in [-0.15, -0.1) is 11.3 Å². The Hall–Kier alpha value is -1.83. The lowest BCUT2D eigenvalue weighted by molar-refractivity contribution is -0.348. The highest BCUT2D eigenvalue weighted by atomic mass is 79.9. The van der Waals surface area contributed by atoms with Gasteiger partial charge >= 0.3 is 18.0 Å². The van der Waals surface area contributed by atoms with Crippen molar-refractivity contribution in [1.29, 1.82) is 0 Å². The molecule has 0 unspecified atom stereocenters. The number of carbonyl (C=O) groups excluding carboxylic acids is 1. The molecule has 4 nitrogen and oxygen atoms in total. The van der Waals surface area contributed by atoms with E-state index in [1.807, 2.05) is 0 Å². The highest BCUT2D eigenvalue weighted by Gasteiger charge is 2.73. The van der Waals surface area contributed by atoms with E-state index in [9.17, 15) is 35.5 Å². The molecule has 1 saturated carbocycles. The molecule has 2 heterocycles. The van der Waals surface area contributed by atoms with E-state index in [1.54, 1.807) is 6.07 Å². The first-order valence-corrected chi connectivity index (χ1v) is 12.0. The van der Waals surface area contributed by atoms with Crippen molar-refractivity contribution in [2.45, 2.75) is 36.9 Å². The van der Waals surface area contributed by atoms with Crippen LogP contribution in [0.1, 0.15) is 28.8 Å². The number of aromatic nitrogens is 2. The van der Waals surface area contributed by atoms with Crippen molar-refractivity contribution in [3.05, 3.63) is 55.6 Å². The maximum Gasteiger partial charge on any atom is 0.435 e. The third kappa shape index (κ3) is 4.79. The standard InChI is InChI=1S/C20H11BrCl2F7N3OS/c21-16-11(17(34)32-10-1-2-10)5-14(35-16)8-6-31-33(7-8)15-12(22)3-9(4-13(15)23)18(24,19(25,26)27)20(28,29)30/h3-7,10H,1-2H2,(H,32,34). The third-order valence-corrected chi connectivity index (χ3v) is 7.60. The van der Waals surface area contributed by atoms with Crippen LogP contribution in [-0.4, -0.2) is 34.1 Å². The number of nitrogens with zero attached hydrogens (tertiary/aromatic N) is 2. The molecule has 15 heteroatoms. The first kappa shape index (κ1) is 26.2. The highest BCUT2D eigenvalue weighted by Crippen LogP contribution is 2.54. The zero-order valence-electron chi connectivity index (χ0n) is 16.9. The van der Waals surface area contributed by atoms with Gasteiger partial charge in [-0.3, -0.25) is 4.79 Å². The van der Waals surface area contributed by atoms with Crippen molar-refractivity contribution in [2.75, 3.05) is 0 Å². The molecule has 1 aliphatic carbocycles. The van der Waals surface area contributed by atoms with Crippen molar-refractivity contribution in [3.63, 3.8) is 0 Å². The molecule has 0 saturated heterocycles. The van der Waals surface area contributed by atoms with Gasteiger partial charge in [0.25, 0.3) is 5.91 Å². The Kier molecular flexibility index (Phi) is 6.69. The molecule has 4 rings (SSSR count). The first-order chi connectivity index (χ1) is 16.1. The number of alkyl halides is 7. The van der Waals surface area contributed by atoms with Gasteiger partial charge in [-0.2, -0.15) is 31.4 Å². The second-order valence-electron chi connectivity index (χ2n) is 7.66. The maximum atomic E-state index is 14.4. The molecule has 188 valence electrons. The van der Waals surface area contributed by atoms with Gasteiger partial charge < -0.3 is 5.32 Å². The normalized spacial score (nSPS) is 14.9. The topological polar surface area (TPSA) is 46.9 Å². The van der Waals surface area contributed by atoms with Crippen molar-refractivity contribution in [3.8, 4) is 16.1 Å². The third-order valence-electron chi connectivity index (χ3n) is 5.14. The van der Waals surface area contributed by atoms with E-state index in [0.29, 0.717) is 19.8 Å². The number of amides is 1. The molecule has 1 amide bonds. The van der Waals surface area contributed by atoms with E-state index in [-0.39, 0.29) is 29.8 Å². The summed E-state index contributed by atoms with van der Waals surface area (Å²) < 4.78 is 94.6. The van der Waals surface area contributed by atoms with Crippen LogP contribution in [0.3, 0.4) is 0 Å². The van der Waals surface area contributed by atoms with Gasteiger partial charge in [-0.05, 0) is 47.0 Å². The zero-order chi connectivity index (χ0) is 25.9. The highest BCUT2D eigenvalue weighted by molar-refractivity contribution is 9.11. The second kappa shape index (κ2) is 8.93. The Morgan fingerprint density at radius 1 is 1.06 bits per heavy atom. The van der Waals surface area contributed by atoms with Crippen molar-refractivity contribution in [1.82, 2.24) is 15.1 Å². The van der Waals surface area contributed by atoms with Crippen LogP contribution in [0, 0.1) is 0 Å². The van der Waals surface area contributed by atoms with Crippen LogP contribution in [0.5, 0.6) is 0 Å². The van der Waals surface area contributed by atoms with Gasteiger partial charge in [-0.1, -0.05) is 23.2 Å². The largest absolute Gasteiger partial charge is 0.435 e. The fourth-order valence-corrected chi connectivity index (χ4v) is 5.53. The summed E-state index contributed by atoms with van der Waals surface area (Å²) in [6.07, 6.45) is -8.11. The molecule has 1 N–H and O–H groups in total. The van der Waals surface area contributed by atoms with Crippen LogP contribution >= 0.6 is 50.5 Å². The maximum absolute atomic E-state index is 14.4. The van der Waals surface area contributed by atoms with E-state index in [4.69, 9.17) is 23.2 Å². The minimum Gasteiger partial charge on any atom is -0.349 e. The van der Waals surface area contributed by atoms with Crippen LogP contribution in [0.25, 0.3) is 16.1 Å². The summed E-state index contributed by atoms with van der Waals surface area (Å²) in [5.41, 5.74) is -6.89. The minimum atomic E-state index is -6.31. The summed E-state index contributed by atoms with van der Waals surface area (Å²) in [6.45, 7) is 0. The van der Waals surface area contributed by atoms with E-state index < -0.39 is 33.6 Å². The summed E-state index contributed by atoms with van der Waals surface area (Å²) in [4.78, 5) is 12.9. The average molecular weight is 625 g/mol. The van der Waals surface area contributed by atoms with Crippen LogP contribution in [-0.2, 0) is 5.67 Å². The predicted octanol–water partition coefficient (Wildman–Crippen LogP) is 7.85. The van der Waals surface area contributed by atoms with Crippen molar-refractivity contribution in [2.24, 2.45) is 0 Å². The fraction of sp³-hybridized carbons (Fsp3) is 0.300. The molecule has 3 aromatic rings. The van der Waals surface area contributed by atoms with Crippen LogP contribution in [0.15, 0.2) is 34.4 Å². The number of nitrogens with one attached hydrogen (secondary N) is 1. The van der Waals surface area contributed by atoms with Crippen LogP contribution in [0.2, 0.25) is 10.0 Å². The van der Waals surface area contributed by atoms with Crippen molar-refractivity contribution >= 4 is 56.4 Å². The molecule has 2 aromatic heterocycles. The number of hydrogen-bond donors (Lipinski definition) is 1. The molecule has 1 aromatic carbocycles. The summed E-state index contributed by atoms with van der Waals surface area (Å²) in [6, 6.07) is 2.18. The Bertz CT molecular complexity index is 1260. The molecule has 0 bridgehead atoms. The van der Waals surface area contributed by atoms with Gasteiger partial charge in [0, 0.05) is 28.2 Å². The number of halogens is 10. The Morgan fingerprint density at radius 3 is 2.14 bits per heavy atom. The monoisotopic (exact) mass is 623 g/mol. The van der Waals surface area contributed by atoms with Gasteiger partial charge in [0.2, 0.25) is 0 Å². The number of carbonyl (C=O) groups is 1. The number of rotatable bonds is 5. The summed E-state index contributed by atoms with van der Waals surface area (Å²) in [5, 5.41) is 5.50. The van der Waals surface area contributed by atoms with Crippen molar-refractivity contribution < 1.29 is 35.5 Å². The molecule has 35 heavy (non-hydrogen) atoms. The van der Waals surface area contributed by atoms with Gasteiger partial charge in [-0.25, -0.2) is 9.07 Å². The smallest absolute Gasteiger partial charge is 0.349 e. The lowest BCUT2D eigenvalue weighted by Crippen LogP contribution is -2.50. The van der Waals surface area contributed by atoms with Gasteiger partial charge in [0.1, 0.15) is 5.69 Å². The number of benzene rings is 1. The molecule has 0 atom stereocenters. The zero-order valence-corrected chi connectivity index (χ0v) is 20.8. The molecular weight excluding hydrogens is 614 g/mol. The Morgan fingerprint density at radius 2 is 1.63 bits per heavy atom. The molecule has 1 aliphatic rings. The second-order valence-corrected chi connectivity index (χ2v) is 10.8. The summed E-state index contributed by atoms with van der Waals surface area (Å²) >= 11 is 16.4. The molecule has 0 radical (unpaired) electrons. The van der Waals surface area contributed by atoms with E-state index in [2.05, 4.69) is 26.3 Å². The van der Waals surface area contributed by atoms with E-state index in [1.165, 1.54) is 23.7 Å². The lowest BCUT2D eigenvalue weighted by Gasteiger charge is -2.30. The first-order valence-electron chi connectivity index (χ1n) is 9.61. The molecule has 0 aliphatic heterocycles. The van der Waals surface area contributed by atoms with E-state index in [0.717, 1.165) is 17.5 Å². The SMILES string of the molecule is O=C(NC1CC1)c1cc(-c2cnn(-c3c(Cl)cc(C(F)(C(F)(F)F)C(F)(F)F)cc3Cl)c2)sc1Br. The Balaban J connectivity index is 1.69. The van der Waals surface area contributed by atoms with E-state index >= 15 is 0 Å². The number of hydrogen-bond acceptors (Lipinski definition) is 3. The lowest BCUT2D eigenvalue weighted by atomic mass is 9.94. The summed E-state index contributed by atoms with van der Waals surface area (Å²) in [5.74, 6) is -0.264. The fourth-order valence-electron chi connectivity index (χ4n) is 3.20. The van der Waals surface area contributed by atoms with Gasteiger partial charge in [0.05, 0.1) is 25.6 Å². The van der Waals surface area contributed by atoms with Crippen LogP contribution < -0.4 is 5.32 Å². The minimum absolute atomic E-state index is 0.144. The van der Waals surface area contributed by atoms with Gasteiger partial charge in [0.15, 0.2) is 0 Å².